The van der Waals surface area contributed by atoms with E-state index >= 15 is 8.78 Å². The zero-order valence-corrected chi connectivity index (χ0v) is 39.0. The number of nitriles is 2. The SMILES string of the molecule is Cc1c(-c2cc(Sc3ncc(-c4nn5cc(-c6cnn([C@@H](C)C7CCN(C)CC7)c6C)cc(Sc6ncccc6F)c5c4C#N)cc3F)c3c(C#N)cnn3c2)cnn1[C@@H]1C[C@H]2CNC[C@H]2C1. The maximum Gasteiger partial charge on any atom is 0.156 e. The van der Waals surface area contributed by atoms with Crippen LogP contribution in [0.2, 0.25) is 0 Å². The molecule has 3 aliphatic rings. The molecule has 4 atom stereocenters. The van der Waals surface area contributed by atoms with Gasteiger partial charge in [0, 0.05) is 73.8 Å². The number of piperidine rings is 1. The van der Waals surface area contributed by atoms with Gasteiger partial charge < -0.3 is 10.2 Å². The zero-order valence-electron chi connectivity index (χ0n) is 37.4. The molecule has 10 heterocycles. The summed E-state index contributed by atoms with van der Waals surface area (Å²) in [6.45, 7) is 10.6. The van der Waals surface area contributed by atoms with Gasteiger partial charge >= 0.3 is 0 Å². The summed E-state index contributed by atoms with van der Waals surface area (Å²) in [7, 11) is 2.16. The first kappa shape index (κ1) is 43.1. The molecule has 2 saturated heterocycles. The molecular weight excluding hydrogens is 887 g/mol. The first-order chi connectivity index (χ1) is 32.6. The molecule has 0 amide bonds. The molecule has 0 unspecified atom stereocenters. The predicted molar refractivity (Wildman–Crippen MR) is 250 cm³/mol. The zero-order chi connectivity index (χ0) is 46.1. The van der Waals surface area contributed by atoms with Gasteiger partial charge in [-0.25, -0.2) is 27.8 Å². The number of fused-ring (bicyclic) bond motifs is 3. The summed E-state index contributed by atoms with van der Waals surface area (Å²) in [6.07, 6.45) is 16.3. The molecule has 18 heteroatoms. The van der Waals surface area contributed by atoms with Gasteiger partial charge in [-0.1, -0.05) is 23.5 Å². The number of nitrogens with zero attached hydrogens (tertiary/aromatic N) is 13. The van der Waals surface area contributed by atoms with Gasteiger partial charge in [-0.3, -0.25) is 9.36 Å². The van der Waals surface area contributed by atoms with E-state index in [1.54, 1.807) is 9.03 Å². The van der Waals surface area contributed by atoms with Crippen LogP contribution in [0, 0.1) is 65.9 Å². The molecule has 11 rings (SSSR count). The molecule has 2 aliphatic heterocycles. The number of rotatable bonds is 10. The molecule has 67 heavy (non-hydrogen) atoms. The third-order valence-electron chi connectivity index (χ3n) is 14.2. The first-order valence-corrected chi connectivity index (χ1v) is 24.2. The van der Waals surface area contributed by atoms with Crippen LogP contribution in [0.25, 0.3) is 44.5 Å². The lowest BCUT2D eigenvalue weighted by atomic mass is 9.90. The second kappa shape index (κ2) is 17.3. The third kappa shape index (κ3) is 7.65. The van der Waals surface area contributed by atoms with Crippen LogP contribution in [0.4, 0.5) is 8.78 Å². The molecule has 3 fully saturated rings. The number of aromatic nitrogens is 10. The van der Waals surface area contributed by atoms with E-state index in [1.807, 2.05) is 36.9 Å². The van der Waals surface area contributed by atoms with Crippen molar-refractivity contribution in [3.8, 4) is 45.6 Å². The quantitative estimate of drug-likeness (QED) is 0.139. The lowest BCUT2D eigenvalue weighted by molar-refractivity contribution is 0.173. The summed E-state index contributed by atoms with van der Waals surface area (Å²) in [5, 5.41) is 43.7. The maximum atomic E-state index is 16.6. The molecule has 14 nitrogen and oxygen atoms in total. The van der Waals surface area contributed by atoms with Crippen LogP contribution in [0.15, 0.2) is 93.6 Å². The van der Waals surface area contributed by atoms with Crippen LogP contribution in [0.1, 0.15) is 67.2 Å². The molecule has 0 bridgehead atoms. The van der Waals surface area contributed by atoms with Crippen molar-refractivity contribution in [1.29, 1.82) is 10.5 Å². The molecule has 1 aliphatic carbocycles. The van der Waals surface area contributed by atoms with Crippen LogP contribution in [-0.4, -0.2) is 86.9 Å². The number of hydrogen-bond donors (Lipinski definition) is 1. The van der Waals surface area contributed by atoms with Gasteiger partial charge in [0.25, 0.3) is 0 Å². The van der Waals surface area contributed by atoms with Crippen molar-refractivity contribution in [2.75, 3.05) is 33.2 Å². The van der Waals surface area contributed by atoms with Crippen molar-refractivity contribution in [1.82, 2.24) is 59.0 Å². The van der Waals surface area contributed by atoms with Crippen molar-refractivity contribution in [2.45, 2.75) is 78.4 Å². The van der Waals surface area contributed by atoms with Crippen molar-refractivity contribution in [2.24, 2.45) is 17.8 Å². The Labute approximate surface area is 394 Å². The molecule has 0 aromatic carbocycles. The fourth-order valence-corrected chi connectivity index (χ4v) is 12.5. The van der Waals surface area contributed by atoms with Crippen molar-refractivity contribution < 1.29 is 8.78 Å². The van der Waals surface area contributed by atoms with Crippen molar-refractivity contribution in [3.05, 3.63) is 108 Å². The Bertz CT molecular complexity index is 3300. The number of nitrogens with one attached hydrogen (secondary N) is 1. The lowest BCUT2D eigenvalue weighted by Crippen LogP contribution is -2.33. The van der Waals surface area contributed by atoms with Crippen LogP contribution in [0.3, 0.4) is 0 Å². The fourth-order valence-electron chi connectivity index (χ4n) is 10.6. The number of halogens is 2. The number of likely N-dealkylation sites (tertiary alicyclic amines) is 1. The Kier molecular flexibility index (Phi) is 11.2. The lowest BCUT2D eigenvalue weighted by Gasteiger charge is -2.33. The Morgan fingerprint density at radius 1 is 0.776 bits per heavy atom. The van der Waals surface area contributed by atoms with Gasteiger partial charge in [-0.15, -0.1) is 0 Å². The minimum Gasteiger partial charge on any atom is -0.316 e. The molecule has 8 aromatic rings. The van der Waals surface area contributed by atoms with E-state index in [-0.39, 0.29) is 32.9 Å². The van der Waals surface area contributed by atoms with Crippen molar-refractivity contribution in [3.63, 3.8) is 0 Å². The Balaban J connectivity index is 0.949. The smallest absolute Gasteiger partial charge is 0.156 e. The molecule has 1 saturated carbocycles. The summed E-state index contributed by atoms with van der Waals surface area (Å²) in [5.41, 5.74) is 7.43. The van der Waals surface area contributed by atoms with Gasteiger partial charge in [0.15, 0.2) is 11.6 Å². The normalized spacial score (nSPS) is 19.3. The van der Waals surface area contributed by atoms with E-state index < -0.39 is 11.6 Å². The molecular formula is C49H46F2N14S2. The topological polar surface area (TPSA) is 159 Å². The monoisotopic (exact) mass is 932 g/mol. The standard InChI is InChI=1S/C49H46F2N14S2/c1-27(30-7-10-61(4)11-8-30)64-28(2)39(23-58-64)35-16-44(67-48-41(50)6-5-9-55-48)47-38(18-53)45(60-63(47)26-35)33-14-42(51)49(56-21-33)66-43-15-34(25-62-46(43)36(17-52)22-57-62)40-24-59-65(29(40)3)37-12-31-19-54-20-32(31)13-37/h5-6,9,14-16,21-27,30-32,37,54H,7-8,10-13,19-20H2,1-4H3/t27-,31-,32+,37+/m0/s1. The molecule has 338 valence electrons. The second-order valence-electron chi connectivity index (χ2n) is 18.1. The van der Waals surface area contributed by atoms with Crippen LogP contribution in [-0.2, 0) is 0 Å². The van der Waals surface area contributed by atoms with Gasteiger partial charge in [0.05, 0.1) is 47.3 Å². The van der Waals surface area contributed by atoms with E-state index in [4.69, 9.17) is 15.3 Å². The Morgan fingerprint density at radius 2 is 1.46 bits per heavy atom. The summed E-state index contributed by atoms with van der Waals surface area (Å²) in [4.78, 5) is 12.4. The minimum absolute atomic E-state index is 0.0693. The summed E-state index contributed by atoms with van der Waals surface area (Å²) < 4.78 is 39.3. The minimum atomic E-state index is -0.636. The molecule has 1 N–H and O–H groups in total. The maximum absolute atomic E-state index is 16.6. The van der Waals surface area contributed by atoms with Gasteiger partial charge in [0.1, 0.15) is 33.4 Å². The average Bonchev–Trinajstić information content (AvgIpc) is 4.19. The van der Waals surface area contributed by atoms with E-state index in [0.717, 1.165) is 109 Å². The van der Waals surface area contributed by atoms with Gasteiger partial charge in [0.2, 0.25) is 0 Å². The Hall–Kier alpha value is -6.44. The highest BCUT2D eigenvalue weighted by atomic mass is 32.2. The highest BCUT2D eigenvalue weighted by Gasteiger charge is 2.39. The van der Waals surface area contributed by atoms with E-state index in [9.17, 15) is 10.5 Å². The largest absolute Gasteiger partial charge is 0.316 e. The van der Waals surface area contributed by atoms with Crippen LogP contribution in [0.5, 0.6) is 0 Å². The number of hydrogen-bond acceptors (Lipinski definition) is 12. The van der Waals surface area contributed by atoms with Crippen LogP contribution >= 0.6 is 23.5 Å². The molecule has 0 spiro atoms. The fraction of sp³-hybridized carbons (Fsp3) is 0.347. The summed E-state index contributed by atoms with van der Waals surface area (Å²) >= 11 is 2.19. The second-order valence-corrected chi connectivity index (χ2v) is 20.2. The molecule has 0 radical (unpaired) electrons. The highest BCUT2D eigenvalue weighted by molar-refractivity contribution is 7.99. The van der Waals surface area contributed by atoms with Crippen LogP contribution < -0.4 is 5.32 Å². The van der Waals surface area contributed by atoms with Gasteiger partial charge in [-0.05, 0) is 128 Å². The summed E-state index contributed by atoms with van der Waals surface area (Å²) in [6, 6.07) is 13.1. The van der Waals surface area contributed by atoms with E-state index in [0.29, 0.717) is 50.2 Å². The third-order valence-corrected chi connectivity index (χ3v) is 16.3. The van der Waals surface area contributed by atoms with Gasteiger partial charge in [-0.2, -0.15) is 30.9 Å². The summed E-state index contributed by atoms with van der Waals surface area (Å²) in [5.74, 6) is 0.682. The first-order valence-electron chi connectivity index (χ1n) is 22.5. The molecule has 8 aromatic heterocycles. The Morgan fingerprint density at radius 3 is 2.16 bits per heavy atom. The average molecular weight is 933 g/mol. The highest BCUT2D eigenvalue weighted by Crippen LogP contribution is 2.44. The van der Waals surface area contributed by atoms with E-state index in [1.165, 1.54) is 36.8 Å². The van der Waals surface area contributed by atoms with Crippen molar-refractivity contribution >= 4 is 34.6 Å². The van der Waals surface area contributed by atoms with E-state index in [2.05, 4.69) is 74.6 Å². The predicted octanol–water partition coefficient (Wildman–Crippen LogP) is 9.18. The number of pyridine rings is 4.